The molecule has 0 unspecified atom stereocenters. The monoisotopic (exact) mass is 507 g/mol. The van der Waals surface area contributed by atoms with Gasteiger partial charge in [0.15, 0.2) is 15.0 Å². The summed E-state index contributed by atoms with van der Waals surface area (Å²) in [6.07, 6.45) is 1.87. The number of carbonyl (C=O) groups is 1. The Morgan fingerprint density at radius 3 is 2.24 bits per heavy atom. The number of hydrogen-bond acceptors (Lipinski definition) is 7. The van der Waals surface area contributed by atoms with Gasteiger partial charge in [-0.25, -0.2) is 21.8 Å². The zero-order chi connectivity index (χ0) is 24.0. The summed E-state index contributed by atoms with van der Waals surface area (Å²) in [5.41, 5.74) is 3.08. The van der Waals surface area contributed by atoms with Crippen LogP contribution in [0, 0.1) is 19.8 Å². The van der Waals surface area contributed by atoms with Crippen molar-refractivity contribution in [2.45, 2.75) is 36.5 Å². The number of sulfonamides is 1. The van der Waals surface area contributed by atoms with Crippen LogP contribution in [0.25, 0.3) is 10.2 Å². The fourth-order valence-corrected chi connectivity index (χ4v) is 7.14. The Balaban J connectivity index is 1.41. The second-order valence-corrected chi connectivity index (χ2v) is 13.3. The molecule has 1 N–H and O–H groups in total. The van der Waals surface area contributed by atoms with E-state index in [0.717, 1.165) is 27.6 Å². The summed E-state index contributed by atoms with van der Waals surface area (Å²) in [7, 11) is -7.17. The van der Waals surface area contributed by atoms with Crippen molar-refractivity contribution in [1.82, 2.24) is 9.29 Å². The Morgan fingerprint density at radius 1 is 1.03 bits per heavy atom. The maximum absolute atomic E-state index is 12.9. The summed E-state index contributed by atoms with van der Waals surface area (Å²) in [5.74, 6) is -0.461. The van der Waals surface area contributed by atoms with Gasteiger partial charge in [-0.3, -0.25) is 4.79 Å². The molecule has 0 radical (unpaired) electrons. The van der Waals surface area contributed by atoms with E-state index in [0.29, 0.717) is 18.0 Å². The van der Waals surface area contributed by atoms with E-state index < -0.39 is 19.9 Å². The number of nitrogens with one attached hydrogen (secondary N) is 1. The quantitative estimate of drug-likeness (QED) is 0.567. The molecule has 1 fully saturated rings. The van der Waals surface area contributed by atoms with Gasteiger partial charge in [-0.1, -0.05) is 17.4 Å². The lowest BCUT2D eigenvalue weighted by Crippen LogP contribution is -2.41. The van der Waals surface area contributed by atoms with E-state index in [1.54, 1.807) is 0 Å². The highest BCUT2D eigenvalue weighted by Gasteiger charge is 2.32. The van der Waals surface area contributed by atoms with Gasteiger partial charge in [0.1, 0.15) is 0 Å². The van der Waals surface area contributed by atoms with E-state index in [1.165, 1.54) is 39.9 Å². The minimum Gasteiger partial charge on any atom is -0.302 e. The van der Waals surface area contributed by atoms with Gasteiger partial charge in [-0.15, -0.1) is 0 Å². The Bertz CT molecular complexity index is 1420. The highest BCUT2D eigenvalue weighted by atomic mass is 32.2. The first kappa shape index (κ1) is 23.8. The first-order valence-electron chi connectivity index (χ1n) is 10.4. The van der Waals surface area contributed by atoms with Crippen molar-refractivity contribution in [2.24, 2.45) is 5.92 Å². The fraction of sp³-hybridized carbons (Fsp3) is 0.364. The van der Waals surface area contributed by atoms with Crippen molar-refractivity contribution in [3.05, 3.63) is 47.5 Å². The van der Waals surface area contributed by atoms with Gasteiger partial charge in [0.05, 0.1) is 20.0 Å². The number of sulfone groups is 1. The van der Waals surface area contributed by atoms with Gasteiger partial charge in [-0.2, -0.15) is 4.31 Å². The van der Waals surface area contributed by atoms with E-state index in [2.05, 4.69) is 16.4 Å². The molecule has 2 heterocycles. The molecule has 33 heavy (non-hydrogen) atoms. The molecule has 2 aromatic carbocycles. The van der Waals surface area contributed by atoms with Crippen molar-refractivity contribution in [3.63, 3.8) is 0 Å². The third kappa shape index (κ3) is 4.96. The Morgan fingerprint density at radius 2 is 1.64 bits per heavy atom. The van der Waals surface area contributed by atoms with Gasteiger partial charge in [0, 0.05) is 25.3 Å². The van der Waals surface area contributed by atoms with Crippen LogP contribution in [0.4, 0.5) is 5.13 Å². The van der Waals surface area contributed by atoms with Crippen molar-refractivity contribution < 1.29 is 21.6 Å². The first-order chi connectivity index (χ1) is 15.4. The molecular weight excluding hydrogens is 482 g/mol. The Hall–Kier alpha value is -2.34. The van der Waals surface area contributed by atoms with Crippen LogP contribution in [0.15, 0.2) is 46.2 Å². The molecule has 1 aliphatic rings. The molecule has 8 nitrogen and oxygen atoms in total. The minimum atomic E-state index is -3.76. The van der Waals surface area contributed by atoms with Gasteiger partial charge < -0.3 is 5.32 Å². The van der Waals surface area contributed by atoms with Crippen molar-refractivity contribution in [2.75, 3.05) is 24.7 Å². The number of aromatic nitrogens is 1. The molecule has 0 atom stereocenters. The smallest absolute Gasteiger partial charge is 0.243 e. The summed E-state index contributed by atoms with van der Waals surface area (Å²) in [6.45, 7) is 4.44. The van der Waals surface area contributed by atoms with Gasteiger partial charge in [-0.05, 0) is 68.1 Å². The van der Waals surface area contributed by atoms with Crippen molar-refractivity contribution in [1.29, 1.82) is 0 Å². The van der Waals surface area contributed by atoms with Gasteiger partial charge in [0.25, 0.3) is 0 Å². The fourth-order valence-electron chi connectivity index (χ4n) is 4.00. The van der Waals surface area contributed by atoms with Crippen LogP contribution >= 0.6 is 11.3 Å². The lowest BCUT2D eigenvalue weighted by molar-refractivity contribution is -0.120. The summed E-state index contributed by atoms with van der Waals surface area (Å²) in [5, 5.41) is 3.44. The van der Waals surface area contributed by atoms with E-state index in [4.69, 9.17) is 0 Å². The number of piperidine rings is 1. The molecule has 3 aromatic rings. The maximum atomic E-state index is 12.9. The molecule has 0 aliphatic carbocycles. The molecule has 1 saturated heterocycles. The summed E-state index contributed by atoms with van der Waals surface area (Å²) < 4.78 is 51.5. The van der Waals surface area contributed by atoms with E-state index >= 15 is 0 Å². The number of nitrogens with zero attached hydrogens (tertiary/aromatic N) is 2. The molecule has 1 amide bonds. The number of anilines is 1. The molecule has 0 spiro atoms. The van der Waals surface area contributed by atoms with Crippen LogP contribution in [0.2, 0.25) is 0 Å². The summed E-state index contributed by atoms with van der Waals surface area (Å²) in [6, 6.07) is 9.30. The maximum Gasteiger partial charge on any atom is 0.243 e. The topological polar surface area (TPSA) is 114 Å². The van der Waals surface area contributed by atoms with Crippen LogP contribution in [-0.4, -0.2) is 51.4 Å². The third-order valence-electron chi connectivity index (χ3n) is 5.77. The number of rotatable bonds is 5. The number of thiazole rings is 1. The summed E-state index contributed by atoms with van der Waals surface area (Å²) in [4.78, 5) is 17.4. The highest BCUT2D eigenvalue weighted by molar-refractivity contribution is 7.90. The SMILES string of the molecule is Cc1cc(C)c2nc(NC(=O)C3CCN(S(=O)(=O)c4ccc(S(C)(=O)=O)cc4)CC3)sc2c1. The van der Waals surface area contributed by atoms with Crippen LogP contribution < -0.4 is 5.32 Å². The number of aryl methyl sites for hydroxylation is 2. The van der Waals surface area contributed by atoms with E-state index in [1.807, 2.05) is 19.9 Å². The average molecular weight is 508 g/mol. The lowest BCUT2D eigenvalue weighted by atomic mass is 9.97. The molecular formula is C22H25N3O5S3. The number of carbonyl (C=O) groups excluding carboxylic acids is 1. The molecule has 0 bridgehead atoms. The number of amides is 1. The molecule has 0 saturated carbocycles. The normalized spacial score (nSPS) is 16.2. The first-order valence-corrected chi connectivity index (χ1v) is 14.6. The second-order valence-electron chi connectivity index (χ2n) is 8.36. The molecule has 4 rings (SSSR count). The van der Waals surface area contributed by atoms with Crippen molar-refractivity contribution in [3.8, 4) is 0 Å². The third-order valence-corrected chi connectivity index (χ3v) is 9.73. The highest BCUT2D eigenvalue weighted by Crippen LogP contribution is 2.31. The predicted molar refractivity (Wildman–Crippen MR) is 129 cm³/mol. The molecule has 1 aliphatic heterocycles. The number of hydrogen-bond donors (Lipinski definition) is 1. The Labute approximate surface area is 197 Å². The Kier molecular flexibility index (Phi) is 6.34. The number of benzene rings is 2. The van der Waals surface area contributed by atoms with Gasteiger partial charge in [0.2, 0.25) is 15.9 Å². The predicted octanol–water partition coefficient (Wildman–Crippen LogP) is 3.36. The largest absolute Gasteiger partial charge is 0.302 e. The van der Waals surface area contributed by atoms with E-state index in [-0.39, 0.29) is 34.7 Å². The average Bonchev–Trinajstić information content (AvgIpc) is 3.16. The molecule has 1 aromatic heterocycles. The number of fused-ring (bicyclic) bond motifs is 1. The van der Waals surface area contributed by atoms with Crippen LogP contribution in [0.5, 0.6) is 0 Å². The van der Waals surface area contributed by atoms with Crippen molar-refractivity contribution >= 4 is 52.5 Å². The zero-order valence-electron chi connectivity index (χ0n) is 18.5. The van der Waals surface area contributed by atoms with Gasteiger partial charge >= 0.3 is 0 Å². The van der Waals surface area contributed by atoms with Crippen LogP contribution in [0.3, 0.4) is 0 Å². The van der Waals surface area contributed by atoms with Crippen LogP contribution in [-0.2, 0) is 24.7 Å². The van der Waals surface area contributed by atoms with E-state index in [9.17, 15) is 21.6 Å². The second kappa shape index (κ2) is 8.79. The molecule has 11 heteroatoms. The standard InChI is InChI=1S/C22H25N3O5S3/c1-14-12-15(2)20-19(13-14)31-22(23-20)24-21(26)16-8-10-25(11-9-16)33(29,30)18-6-4-17(5-7-18)32(3,27)28/h4-7,12-13,16H,8-11H2,1-3H3,(H,23,24,26). The minimum absolute atomic E-state index is 0.0398. The summed E-state index contributed by atoms with van der Waals surface area (Å²) >= 11 is 1.43. The van der Waals surface area contributed by atoms with Crippen LogP contribution in [0.1, 0.15) is 24.0 Å². The molecule has 176 valence electrons. The zero-order valence-corrected chi connectivity index (χ0v) is 21.0. The lowest BCUT2D eigenvalue weighted by Gasteiger charge is -2.30.